The number of nitrogens with zero attached hydrogens (tertiary/aromatic N) is 1. The highest BCUT2D eigenvalue weighted by Crippen LogP contribution is 2.24. The molecule has 2 aromatic carbocycles. The van der Waals surface area contributed by atoms with E-state index in [0.717, 1.165) is 23.3 Å². The third kappa shape index (κ3) is 8.39. The zero-order valence-electron chi connectivity index (χ0n) is 19.6. The van der Waals surface area contributed by atoms with Gasteiger partial charge in [0, 0.05) is 6.54 Å². The second kappa shape index (κ2) is 13.0. The van der Waals surface area contributed by atoms with E-state index < -0.39 is 30.4 Å². The summed E-state index contributed by atoms with van der Waals surface area (Å²) in [6.45, 7) is 0.299. The van der Waals surface area contributed by atoms with Gasteiger partial charge < -0.3 is 24.2 Å². The average Bonchev–Trinajstić information content (AvgIpc) is 2.82. The predicted molar refractivity (Wildman–Crippen MR) is 123 cm³/mol. The zero-order valence-corrected chi connectivity index (χ0v) is 19.6. The van der Waals surface area contributed by atoms with E-state index in [4.69, 9.17) is 14.2 Å². The van der Waals surface area contributed by atoms with Gasteiger partial charge in [0.15, 0.2) is 6.29 Å². The lowest BCUT2D eigenvalue weighted by atomic mass is 10.0. The number of aldehydes is 1. The van der Waals surface area contributed by atoms with Crippen LogP contribution in [0.1, 0.15) is 17.5 Å². The number of halogens is 2. The van der Waals surface area contributed by atoms with Crippen molar-refractivity contribution < 1.29 is 37.7 Å². The topological polar surface area (TPSA) is 85.3 Å². The SMILES string of the molecule is COc1cccc(CCc2ccccc2OCC(CCN(C)C)OC(C(=O)O)C(F)(F)C=O)c1. The molecule has 1 N–H and O–H groups in total. The van der Waals surface area contributed by atoms with Gasteiger partial charge in [0.1, 0.15) is 18.1 Å². The molecule has 2 aromatic rings. The number of hydrogen-bond acceptors (Lipinski definition) is 6. The summed E-state index contributed by atoms with van der Waals surface area (Å²) in [5.74, 6) is -4.75. The van der Waals surface area contributed by atoms with E-state index in [-0.39, 0.29) is 13.0 Å². The van der Waals surface area contributed by atoms with E-state index in [0.29, 0.717) is 18.7 Å². The van der Waals surface area contributed by atoms with Crippen molar-refractivity contribution >= 4 is 12.3 Å². The highest BCUT2D eigenvalue weighted by Gasteiger charge is 2.47. The molecule has 34 heavy (non-hydrogen) atoms. The monoisotopic (exact) mass is 479 g/mol. The number of carboxylic acid groups (broad SMARTS) is 1. The van der Waals surface area contributed by atoms with Crippen LogP contribution in [0.5, 0.6) is 11.5 Å². The Bertz CT molecular complexity index is 937. The molecule has 0 aliphatic carbocycles. The van der Waals surface area contributed by atoms with Crippen molar-refractivity contribution in [2.75, 3.05) is 34.4 Å². The van der Waals surface area contributed by atoms with Gasteiger partial charge in [0.25, 0.3) is 0 Å². The molecule has 9 heteroatoms. The van der Waals surface area contributed by atoms with Crippen molar-refractivity contribution in [2.45, 2.75) is 37.4 Å². The van der Waals surface area contributed by atoms with E-state index in [1.807, 2.05) is 41.3 Å². The van der Waals surface area contributed by atoms with Crippen LogP contribution >= 0.6 is 0 Å². The Morgan fingerprint density at radius 1 is 1.15 bits per heavy atom. The predicted octanol–water partition coefficient (Wildman–Crippen LogP) is 3.48. The van der Waals surface area contributed by atoms with Gasteiger partial charge in [-0.1, -0.05) is 30.3 Å². The first-order valence-corrected chi connectivity index (χ1v) is 10.9. The molecule has 0 saturated carbocycles. The van der Waals surface area contributed by atoms with Gasteiger partial charge in [0.05, 0.1) is 13.2 Å². The largest absolute Gasteiger partial charge is 0.497 e. The fraction of sp³-hybridized carbons (Fsp3) is 0.440. The van der Waals surface area contributed by atoms with Crippen molar-refractivity contribution in [3.8, 4) is 11.5 Å². The highest BCUT2D eigenvalue weighted by atomic mass is 19.3. The van der Waals surface area contributed by atoms with Gasteiger partial charge in [-0.25, -0.2) is 4.79 Å². The normalized spacial score (nSPS) is 13.4. The van der Waals surface area contributed by atoms with E-state index in [9.17, 15) is 23.5 Å². The molecule has 186 valence electrons. The van der Waals surface area contributed by atoms with Crippen LogP contribution in [0.25, 0.3) is 0 Å². The molecule has 0 amide bonds. The van der Waals surface area contributed by atoms with Gasteiger partial charge in [-0.3, -0.25) is 4.79 Å². The van der Waals surface area contributed by atoms with Gasteiger partial charge in [-0.2, -0.15) is 8.78 Å². The van der Waals surface area contributed by atoms with Crippen molar-refractivity contribution in [3.05, 3.63) is 59.7 Å². The molecule has 0 spiro atoms. The van der Waals surface area contributed by atoms with Gasteiger partial charge in [-0.05, 0) is 62.7 Å². The lowest BCUT2D eigenvalue weighted by molar-refractivity contribution is -0.191. The standard InChI is InChI=1S/C25H31F2NO6/c1-28(2)14-13-21(34-23(24(30)31)25(26,27)17-29)16-33-22-10-5-4-8-19(22)12-11-18-7-6-9-20(15-18)32-3/h4-10,15,17,21,23H,11-14,16H2,1-3H3,(H,30,31). The third-order valence-electron chi connectivity index (χ3n) is 5.17. The van der Waals surface area contributed by atoms with Crippen molar-refractivity contribution in [1.82, 2.24) is 4.90 Å². The molecule has 7 nitrogen and oxygen atoms in total. The highest BCUT2D eigenvalue weighted by molar-refractivity contribution is 5.80. The maximum Gasteiger partial charge on any atom is 0.339 e. The number of carboxylic acids is 1. The van der Waals surface area contributed by atoms with Crippen LogP contribution in [0.3, 0.4) is 0 Å². The molecule has 0 aliphatic rings. The van der Waals surface area contributed by atoms with Crippen LogP contribution in [0.15, 0.2) is 48.5 Å². The summed E-state index contributed by atoms with van der Waals surface area (Å²) in [7, 11) is 5.19. The lowest BCUT2D eigenvalue weighted by Gasteiger charge is -2.26. The number of carbonyl (C=O) groups excluding carboxylic acids is 1. The Kier molecular flexibility index (Phi) is 10.4. The van der Waals surface area contributed by atoms with Gasteiger partial charge in [-0.15, -0.1) is 0 Å². The molecule has 0 saturated heterocycles. The second-order valence-electron chi connectivity index (χ2n) is 8.13. The first-order valence-electron chi connectivity index (χ1n) is 10.9. The summed E-state index contributed by atoms with van der Waals surface area (Å²) in [4.78, 5) is 23.9. The molecule has 0 aliphatic heterocycles. The Morgan fingerprint density at radius 3 is 2.53 bits per heavy atom. The number of methoxy groups -OCH3 is 1. The number of para-hydroxylation sites is 1. The molecule has 0 aromatic heterocycles. The quantitative estimate of drug-likeness (QED) is 0.392. The second-order valence-corrected chi connectivity index (χ2v) is 8.13. The van der Waals surface area contributed by atoms with Crippen LogP contribution in [0.4, 0.5) is 8.78 Å². The van der Waals surface area contributed by atoms with E-state index in [1.54, 1.807) is 33.3 Å². The number of aliphatic carboxylic acids is 1. The molecule has 2 atom stereocenters. The summed E-state index contributed by atoms with van der Waals surface area (Å²) in [6, 6.07) is 15.1. The molecule has 0 radical (unpaired) electrons. The summed E-state index contributed by atoms with van der Waals surface area (Å²) >= 11 is 0. The van der Waals surface area contributed by atoms with E-state index in [1.165, 1.54) is 0 Å². The molecule has 0 bridgehead atoms. The third-order valence-corrected chi connectivity index (χ3v) is 5.17. The minimum Gasteiger partial charge on any atom is -0.497 e. The summed E-state index contributed by atoms with van der Waals surface area (Å²) in [6.07, 6.45) is -2.65. The van der Waals surface area contributed by atoms with Crippen molar-refractivity contribution in [3.63, 3.8) is 0 Å². The lowest BCUT2D eigenvalue weighted by Crippen LogP contribution is -2.47. The van der Waals surface area contributed by atoms with Crippen LogP contribution in [-0.4, -0.2) is 74.7 Å². The Balaban J connectivity index is 2.11. The first kappa shape index (κ1) is 27.2. The number of alkyl halides is 2. The Morgan fingerprint density at radius 2 is 1.88 bits per heavy atom. The first-order chi connectivity index (χ1) is 16.2. The van der Waals surface area contributed by atoms with E-state index >= 15 is 0 Å². The molecular formula is C25H31F2NO6. The molecule has 2 rings (SSSR count). The minimum atomic E-state index is -4.16. The number of carbonyl (C=O) groups is 2. The Hall–Kier alpha value is -3.04. The van der Waals surface area contributed by atoms with Crippen molar-refractivity contribution in [2.24, 2.45) is 0 Å². The number of hydrogen-bond donors (Lipinski definition) is 1. The zero-order chi connectivity index (χ0) is 25.1. The van der Waals surface area contributed by atoms with Crippen molar-refractivity contribution in [1.29, 1.82) is 0 Å². The summed E-state index contributed by atoms with van der Waals surface area (Å²) in [5, 5.41) is 9.19. The summed E-state index contributed by atoms with van der Waals surface area (Å²) in [5.41, 5.74) is 1.99. The fourth-order valence-electron chi connectivity index (χ4n) is 3.30. The number of ether oxygens (including phenoxy) is 3. The van der Waals surface area contributed by atoms with Crippen LogP contribution in [-0.2, 0) is 27.2 Å². The fourth-order valence-corrected chi connectivity index (χ4v) is 3.30. The number of rotatable bonds is 15. The molecule has 2 unspecified atom stereocenters. The maximum atomic E-state index is 13.8. The van der Waals surface area contributed by atoms with Crippen LogP contribution in [0.2, 0.25) is 0 Å². The minimum absolute atomic E-state index is 0.150. The van der Waals surface area contributed by atoms with Gasteiger partial charge in [0.2, 0.25) is 6.10 Å². The van der Waals surface area contributed by atoms with Crippen LogP contribution in [0, 0.1) is 0 Å². The summed E-state index contributed by atoms with van der Waals surface area (Å²) < 4.78 is 44.0. The number of benzene rings is 2. The molecule has 0 heterocycles. The molecule has 0 fully saturated rings. The average molecular weight is 480 g/mol. The number of aryl methyl sites for hydroxylation is 2. The van der Waals surface area contributed by atoms with E-state index in [2.05, 4.69) is 0 Å². The van der Waals surface area contributed by atoms with Crippen LogP contribution < -0.4 is 9.47 Å². The molecular weight excluding hydrogens is 448 g/mol. The Labute approximate surface area is 198 Å². The van der Waals surface area contributed by atoms with Gasteiger partial charge >= 0.3 is 11.9 Å². The smallest absolute Gasteiger partial charge is 0.339 e. The maximum absolute atomic E-state index is 13.8.